The summed E-state index contributed by atoms with van der Waals surface area (Å²) in [5.41, 5.74) is 3.09. The predicted molar refractivity (Wildman–Crippen MR) is 86.5 cm³/mol. The molecule has 2 aromatic rings. The van der Waals surface area contributed by atoms with Crippen LogP contribution in [0.5, 0.6) is 0 Å². The Kier molecular flexibility index (Phi) is 3.90. The lowest BCUT2D eigenvalue weighted by atomic mass is 9.97. The number of aryl methyl sites for hydroxylation is 1. The molecule has 1 N–H and O–H groups in total. The summed E-state index contributed by atoms with van der Waals surface area (Å²) in [5, 5.41) is 7.12. The minimum Gasteiger partial charge on any atom is -0.359 e. The van der Waals surface area contributed by atoms with Gasteiger partial charge in [-0.25, -0.2) is 4.68 Å². The number of para-hydroxylation sites is 1. The van der Waals surface area contributed by atoms with Gasteiger partial charge in [-0.15, -0.1) is 0 Å². The van der Waals surface area contributed by atoms with Crippen molar-refractivity contribution >= 4 is 11.8 Å². The fourth-order valence-corrected chi connectivity index (χ4v) is 2.95. The van der Waals surface area contributed by atoms with Crippen LogP contribution in [-0.2, 0) is 4.79 Å². The highest BCUT2D eigenvalue weighted by Crippen LogP contribution is 2.24. The monoisotopic (exact) mass is 312 g/mol. The second-order valence-electron chi connectivity index (χ2n) is 5.81. The van der Waals surface area contributed by atoms with Crippen molar-refractivity contribution in [1.82, 2.24) is 20.0 Å². The fourth-order valence-electron chi connectivity index (χ4n) is 2.95. The van der Waals surface area contributed by atoms with E-state index in [0.717, 1.165) is 11.4 Å². The summed E-state index contributed by atoms with van der Waals surface area (Å²) in [6.07, 6.45) is 0. The van der Waals surface area contributed by atoms with E-state index in [1.807, 2.05) is 44.2 Å². The molecule has 23 heavy (non-hydrogen) atoms. The van der Waals surface area contributed by atoms with Crippen molar-refractivity contribution < 1.29 is 9.59 Å². The molecule has 0 aliphatic carbocycles. The van der Waals surface area contributed by atoms with Gasteiger partial charge in [0, 0.05) is 20.1 Å². The first-order valence-corrected chi connectivity index (χ1v) is 7.65. The van der Waals surface area contributed by atoms with Gasteiger partial charge in [-0.2, -0.15) is 5.10 Å². The van der Waals surface area contributed by atoms with Gasteiger partial charge in [0.1, 0.15) is 0 Å². The number of likely N-dealkylation sites (tertiary alicyclic amines) is 1. The molecule has 1 aromatic carbocycles. The van der Waals surface area contributed by atoms with Crippen LogP contribution in [0.2, 0.25) is 0 Å². The summed E-state index contributed by atoms with van der Waals surface area (Å²) >= 11 is 0. The summed E-state index contributed by atoms with van der Waals surface area (Å²) in [4.78, 5) is 26.0. The molecule has 0 bridgehead atoms. The zero-order valence-electron chi connectivity index (χ0n) is 13.5. The maximum Gasteiger partial charge on any atom is 0.257 e. The Morgan fingerprint density at radius 2 is 1.83 bits per heavy atom. The second-order valence-corrected chi connectivity index (χ2v) is 5.81. The van der Waals surface area contributed by atoms with Crippen molar-refractivity contribution in [2.24, 2.45) is 5.92 Å². The number of hydrogen-bond acceptors (Lipinski definition) is 3. The summed E-state index contributed by atoms with van der Waals surface area (Å²) in [6.45, 7) is 4.67. The number of hydrogen-bond donors (Lipinski definition) is 1. The Labute approximate surface area is 135 Å². The zero-order chi connectivity index (χ0) is 16.6. The molecule has 1 fully saturated rings. The van der Waals surface area contributed by atoms with Gasteiger partial charge in [0.15, 0.2) is 0 Å². The lowest BCUT2D eigenvalue weighted by molar-refractivity contribution is -0.128. The van der Waals surface area contributed by atoms with Crippen molar-refractivity contribution in [2.75, 3.05) is 20.1 Å². The van der Waals surface area contributed by atoms with Crippen LogP contribution in [0.4, 0.5) is 0 Å². The molecule has 1 aromatic heterocycles. The van der Waals surface area contributed by atoms with Crippen LogP contribution in [0.25, 0.3) is 5.69 Å². The van der Waals surface area contributed by atoms with Crippen molar-refractivity contribution in [2.45, 2.75) is 13.8 Å². The van der Waals surface area contributed by atoms with E-state index in [2.05, 4.69) is 10.4 Å². The second kappa shape index (κ2) is 5.87. The van der Waals surface area contributed by atoms with E-state index in [1.54, 1.807) is 16.6 Å². The van der Waals surface area contributed by atoms with Crippen LogP contribution in [0.3, 0.4) is 0 Å². The standard InChI is InChI=1S/C17H20N4O2/c1-11-15(17(23)20-9-13(10-20)16(22)18-3)12(2)21(19-11)14-7-5-4-6-8-14/h4-8,13H,9-10H2,1-3H3,(H,18,22). The van der Waals surface area contributed by atoms with E-state index in [-0.39, 0.29) is 17.7 Å². The first-order chi connectivity index (χ1) is 11.0. The highest BCUT2D eigenvalue weighted by molar-refractivity contribution is 5.98. The largest absolute Gasteiger partial charge is 0.359 e. The lowest BCUT2D eigenvalue weighted by Crippen LogP contribution is -2.55. The minimum atomic E-state index is -0.103. The van der Waals surface area contributed by atoms with E-state index >= 15 is 0 Å². The Morgan fingerprint density at radius 3 is 2.43 bits per heavy atom. The van der Waals surface area contributed by atoms with Gasteiger partial charge in [0.05, 0.1) is 28.6 Å². The Hall–Kier alpha value is -2.63. The van der Waals surface area contributed by atoms with Crippen molar-refractivity contribution in [3.63, 3.8) is 0 Å². The molecule has 2 amide bonds. The molecule has 1 aliphatic rings. The highest BCUT2D eigenvalue weighted by Gasteiger charge is 2.37. The number of rotatable bonds is 3. The average Bonchev–Trinajstić information content (AvgIpc) is 2.81. The molecule has 0 saturated carbocycles. The van der Waals surface area contributed by atoms with Crippen molar-refractivity contribution in [1.29, 1.82) is 0 Å². The number of nitrogens with zero attached hydrogens (tertiary/aromatic N) is 3. The molecule has 6 heteroatoms. The first-order valence-electron chi connectivity index (χ1n) is 7.65. The van der Waals surface area contributed by atoms with Crippen LogP contribution >= 0.6 is 0 Å². The van der Waals surface area contributed by atoms with Gasteiger partial charge in [-0.1, -0.05) is 18.2 Å². The Bertz CT molecular complexity index is 745. The molecule has 0 spiro atoms. The molecule has 1 saturated heterocycles. The lowest BCUT2D eigenvalue weighted by Gasteiger charge is -2.38. The molecule has 1 aliphatic heterocycles. The maximum absolute atomic E-state index is 12.7. The van der Waals surface area contributed by atoms with E-state index in [4.69, 9.17) is 0 Å². The Morgan fingerprint density at radius 1 is 1.17 bits per heavy atom. The van der Waals surface area contributed by atoms with Crippen LogP contribution in [-0.4, -0.2) is 46.6 Å². The number of benzene rings is 1. The number of nitrogens with one attached hydrogen (secondary N) is 1. The number of aromatic nitrogens is 2. The third-order valence-electron chi connectivity index (χ3n) is 4.29. The van der Waals surface area contributed by atoms with Gasteiger partial charge in [-0.05, 0) is 26.0 Å². The van der Waals surface area contributed by atoms with Crippen LogP contribution in [0.15, 0.2) is 30.3 Å². The minimum absolute atomic E-state index is 0.0116. The SMILES string of the molecule is CNC(=O)C1CN(C(=O)c2c(C)nn(-c3ccccc3)c2C)C1. The van der Waals surface area contributed by atoms with Crippen LogP contribution < -0.4 is 5.32 Å². The van der Waals surface area contributed by atoms with Gasteiger partial charge >= 0.3 is 0 Å². The number of carbonyl (C=O) groups excluding carboxylic acids is 2. The summed E-state index contributed by atoms with van der Waals surface area (Å²) in [5.74, 6) is -0.168. The van der Waals surface area contributed by atoms with E-state index in [9.17, 15) is 9.59 Å². The molecular formula is C17H20N4O2. The zero-order valence-corrected chi connectivity index (χ0v) is 13.5. The van der Waals surface area contributed by atoms with Crippen LogP contribution in [0.1, 0.15) is 21.7 Å². The molecular weight excluding hydrogens is 292 g/mol. The van der Waals surface area contributed by atoms with Gasteiger partial charge in [-0.3, -0.25) is 9.59 Å². The molecule has 3 rings (SSSR count). The predicted octanol–water partition coefficient (Wildman–Crippen LogP) is 1.31. The molecule has 6 nitrogen and oxygen atoms in total. The fraction of sp³-hybridized carbons (Fsp3) is 0.353. The summed E-state index contributed by atoms with van der Waals surface area (Å²) in [7, 11) is 1.62. The van der Waals surface area contributed by atoms with E-state index in [1.165, 1.54) is 0 Å². The quantitative estimate of drug-likeness (QED) is 0.929. The summed E-state index contributed by atoms with van der Waals surface area (Å²) < 4.78 is 1.79. The topological polar surface area (TPSA) is 67.2 Å². The maximum atomic E-state index is 12.7. The first kappa shape index (κ1) is 15.3. The van der Waals surface area contributed by atoms with Crippen LogP contribution in [0, 0.1) is 19.8 Å². The van der Waals surface area contributed by atoms with Gasteiger partial charge < -0.3 is 10.2 Å². The van der Waals surface area contributed by atoms with Gasteiger partial charge in [0.2, 0.25) is 5.91 Å². The molecule has 0 unspecified atom stereocenters. The Balaban J connectivity index is 1.83. The molecule has 120 valence electrons. The average molecular weight is 312 g/mol. The highest BCUT2D eigenvalue weighted by atomic mass is 16.2. The summed E-state index contributed by atoms with van der Waals surface area (Å²) in [6, 6.07) is 9.74. The van der Waals surface area contributed by atoms with Crippen molar-refractivity contribution in [3.8, 4) is 5.69 Å². The molecule has 0 atom stereocenters. The third kappa shape index (κ3) is 2.60. The van der Waals surface area contributed by atoms with Gasteiger partial charge in [0.25, 0.3) is 5.91 Å². The van der Waals surface area contributed by atoms with E-state index in [0.29, 0.717) is 24.3 Å². The smallest absolute Gasteiger partial charge is 0.257 e. The molecule has 0 radical (unpaired) electrons. The number of carbonyl (C=O) groups is 2. The van der Waals surface area contributed by atoms with Crippen molar-refractivity contribution in [3.05, 3.63) is 47.3 Å². The number of amides is 2. The third-order valence-corrected chi connectivity index (χ3v) is 4.29. The molecule has 2 heterocycles. The normalized spacial score (nSPS) is 14.5. The van der Waals surface area contributed by atoms with E-state index < -0.39 is 0 Å².